The van der Waals surface area contributed by atoms with Crippen molar-refractivity contribution < 1.29 is 28.6 Å². The maximum absolute atomic E-state index is 12.8. The summed E-state index contributed by atoms with van der Waals surface area (Å²) in [6, 6.07) is 0. The van der Waals surface area contributed by atoms with Crippen molar-refractivity contribution in [2.45, 2.75) is 226 Å². The van der Waals surface area contributed by atoms with E-state index in [2.05, 4.69) is 106 Å². The number of allylic oxidation sites excluding steroid dienone is 16. The standard InChI is InChI=1S/C56H92O6/c1-4-7-10-13-16-19-22-24-26-27-28-29-30-32-34-37-40-43-46-49-55(58)61-52-53(51-60-54(57)48-45-42-39-36-33-21-18-15-12-9-6-3)62-56(59)50-47-44-41-38-35-31-25-23-20-17-14-11-8-5-2/h7,10,15-16,18-19,23-26,28-29,32,34,40,43,53H,4-6,8-9,11-14,17,20-22,27,30-31,33,35-39,41-42,44-52H2,1-3H3/b10-7-,18-15-,19-16-,25-23-,26-24-,29-28-,34-32-,43-40-/t53-/m1/s1. The molecule has 0 aliphatic heterocycles. The topological polar surface area (TPSA) is 78.9 Å². The third-order valence-electron chi connectivity index (χ3n) is 10.3. The van der Waals surface area contributed by atoms with E-state index in [0.29, 0.717) is 19.3 Å². The van der Waals surface area contributed by atoms with Crippen LogP contribution in [0.15, 0.2) is 97.2 Å². The second kappa shape index (κ2) is 50.0. The predicted molar refractivity (Wildman–Crippen MR) is 265 cm³/mol. The monoisotopic (exact) mass is 861 g/mol. The summed E-state index contributed by atoms with van der Waals surface area (Å²) in [5.74, 6) is -1.02. The maximum atomic E-state index is 12.8. The van der Waals surface area contributed by atoms with Gasteiger partial charge in [-0.1, -0.05) is 195 Å². The van der Waals surface area contributed by atoms with Crippen LogP contribution in [0.4, 0.5) is 0 Å². The van der Waals surface area contributed by atoms with Crippen LogP contribution in [0.1, 0.15) is 220 Å². The summed E-state index contributed by atoms with van der Waals surface area (Å²) >= 11 is 0. The number of hydrogen-bond donors (Lipinski definition) is 0. The first kappa shape index (κ1) is 58.3. The zero-order valence-electron chi connectivity index (χ0n) is 40.1. The van der Waals surface area contributed by atoms with Crippen LogP contribution in [0.3, 0.4) is 0 Å². The highest BCUT2D eigenvalue weighted by Crippen LogP contribution is 2.13. The van der Waals surface area contributed by atoms with Gasteiger partial charge in [-0.2, -0.15) is 0 Å². The summed E-state index contributed by atoms with van der Waals surface area (Å²) in [4.78, 5) is 37.9. The van der Waals surface area contributed by atoms with Crippen LogP contribution in [-0.4, -0.2) is 37.2 Å². The minimum absolute atomic E-state index is 0.109. The summed E-state index contributed by atoms with van der Waals surface area (Å²) in [6.45, 7) is 6.38. The van der Waals surface area contributed by atoms with Gasteiger partial charge in [0.25, 0.3) is 0 Å². The molecule has 6 heteroatoms. The van der Waals surface area contributed by atoms with Crippen molar-refractivity contribution in [3.63, 3.8) is 0 Å². The molecular weight excluding hydrogens is 769 g/mol. The van der Waals surface area contributed by atoms with Crippen LogP contribution in [0.2, 0.25) is 0 Å². The smallest absolute Gasteiger partial charge is 0.306 e. The number of hydrogen-bond acceptors (Lipinski definition) is 6. The molecule has 0 radical (unpaired) electrons. The van der Waals surface area contributed by atoms with Crippen molar-refractivity contribution in [1.29, 1.82) is 0 Å². The van der Waals surface area contributed by atoms with Crippen molar-refractivity contribution in [2.75, 3.05) is 13.2 Å². The van der Waals surface area contributed by atoms with Crippen molar-refractivity contribution in [3.8, 4) is 0 Å². The molecule has 0 aromatic rings. The first-order valence-corrected chi connectivity index (χ1v) is 25.2. The SMILES string of the molecule is CC/C=C\C/C=C\C/C=C\C/C=C\C/C=C\C/C=C\CCC(=O)OC[C@@H](COC(=O)CCCCCCC/C=C\CCCC)OC(=O)CCCCCCC/C=C\CCCCCCC. The Kier molecular flexibility index (Phi) is 47.0. The zero-order chi connectivity index (χ0) is 45.1. The summed E-state index contributed by atoms with van der Waals surface area (Å²) < 4.78 is 16.7. The number of unbranched alkanes of at least 4 members (excludes halogenated alkanes) is 17. The molecule has 0 aromatic carbocycles. The molecule has 1 atom stereocenters. The van der Waals surface area contributed by atoms with Gasteiger partial charge in [0.15, 0.2) is 6.10 Å². The molecular formula is C56H92O6. The van der Waals surface area contributed by atoms with Crippen molar-refractivity contribution in [3.05, 3.63) is 97.2 Å². The second-order valence-corrected chi connectivity index (χ2v) is 16.3. The van der Waals surface area contributed by atoms with Gasteiger partial charge >= 0.3 is 17.9 Å². The lowest BCUT2D eigenvalue weighted by atomic mass is 10.1. The van der Waals surface area contributed by atoms with Crippen LogP contribution in [0.5, 0.6) is 0 Å². The van der Waals surface area contributed by atoms with E-state index in [1.165, 1.54) is 70.6 Å². The van der Waals surface area contributed by atoms with Gasteiger partial charge in [-0.05, 0) is 103 Å². The molecule has 0 aliphatic carbocycles. The van der Waals surface area contributed by atoms with Crippen molar-refractivity contribution in [1.82, 2.24) is 0 Å². The molecule has 0 spiro atoms. The van der Waals surface area contributed by atoms with E-state index < -0.39 is 6.10 Å². The van der Waals surface area contributed by atoms with Gasteiger partial charge in [0.2, 0.25) is 0 Å². The van der Waals surface area contributed by atoms with E-state index in [0.717, 1.165) is 103 Å². The Hall–Kier alpha value is -3.67. The lowest BCUT2D eigenvalue weighted by Crippen LogP contribution is -2.30. The fourth-order valence-corrected chi connectivity index (χ4v) is 6.50. The lowest BCUT2D eigenvalue weighted by Gasteiger charge is -2.18. The van der Waals surface area contributed by atoms with Crippen molar-refractivity contribution >= 4 is 17.9 Å². The molecule has 0 saturated heterocycles. The van der Waals surface area contributed by atoms with E-state index in [-0.39, 0.29) is 37.5 Å². The minimum atomic E-state index is -0.815. The molecule has 0 rings (SSSR count). The maximum Gasteiger partial charge on any atom is 0.306 e. The van der Waals surface area contributed by atoms with Gasteiger partial charge in [-0.15, -0.1) is 0 Å². The number of carbonyl (C=O) groups excluding carboxylic acids is 3. The fourth-order valence-electron chi connectivity index (χ4n) is 6.50. The Morgan fingerprint density at radius 1 is 0.339 bits per heavy atom. The molecule has 0 amide bonds. The third-order valence-corrected chi connectivity index (χ3v) is 10.3. The number of esters is 3. The summed E-state index contributed by atoms with van der Waals surface area (Å²) in [6.07, 6.45) is 65.4. The van der Waals surface area contributed by atoms with E-state index >= 15 is 0 Å². The van der Waals surface area contributed by atoms with Gasteiger partial charge in [0.1, 0.15) is 13.2 Å². The summed E-state index contributed by atoms with van der Waals surface area (Å²) in [7, 11) is 0. The normalized spacial score (nSPS) is 12.9. The van der Waals surface area contributed by atoms with E-state index in [1.54, 1.807) is 0 Å². The first-order valence-electron chi connectivity index (χ1n) is 25.2. The van der Waals surface area contributed by atoms with E-state index in [1.807, 2.05) is 12.2 Å². The molecule has 0 bridgehead atoms. The molecule has 0 aromatic heterocycles. The minimum Gasteiger partial charge on any atom is -0.462 e. The Labute approximate surface area is 381 Å². The predicted octanol–water partition coefficient (Wildman–Crippen LogP) is 16.6. The van der Waals surface area contributed by atoms with E-state index in [9.17, 15) is 14.4 Å². The van der Waals surface area contributed by atoms with Crippen LogP contribution >= 0.6 is 0 Å². The molecule has 62 heavy (non-hydrogen) atoms. The molecule has 0 saturated carbocycles. The van der Waals surface area contributed by atoms with Crippen molar-refractivity contribution in [2.24, 2.45) is 0 Å². The van der Waals surface area contributed by atoms with Gasteiger partial charge < -0.3 is 14.2 Å². The van der Waals surface area contributed by atoms with Crippen LogP contribution in [-0.2, 0) is 28.6 Å². The Balaban J connectivity index is 4.51. The van der Waals surface area contributed by atoms with Gasteiger partial charge in [-0.25, -0.2) is 0 Å². The first-order chi connectivity index (χ1) is 30.5. The zero-order valence-corrected chi connectivity index (χ0v) is 40.1. The van der Waals surface area contributed by atoms with Crippen LogP contribution in [0.25, 0.3) is 0 Å². The second-order valence-electron chi connectivity index (χ2n) is 16.3. The third kappa shape index (κ3) is 47.4. The molecule has 6 nitrogen and oxygen atoms in total. The molecule has 0 N–H and O–H groups in total. The summed E-state index contributed by atoms with van der Waals surface area (Å²) in [5, 5.41) is 0. The molecule has 0 heterocycles. The van der Waals surface area contributed by atoms with Gasteiger partial charge in [0, 0.05) is 19.3 Å². The number of ether oxygens (including phenoxy) is 3. The van der Waals surface area contributed by atoms with Crippen LogP contribution in [0, 0.1) is 0 Å². The van der Waals surface area contributed by atoms with Gasteiger partial charge in [0.05, 0.1) is 0 Å². The Bertz CT molecular complexity index is 1260. The largest absolute Gasteiger partial charge is 0.462 e. The molecule has 0 fully saturated rings. The van der Waals surface area contributed by atoms with Gasteiger partial charge in [-0.3, -0.25) is 14.4 Å². The lowest BCUT2D eigenvalue weighted by molar-refractivity contribution is -0.166. The van der Waals surface area contributed by atoms with Crippen LogP contribution < -0.4 is 0 Å². The van der Waals surface area contributed by atoms with E-state index in [4.69, 9.17) is 14.2 Å². The average molecular weight is 861 g/mol. The molecule has 0 unspecified atom stereocenters. The Morgan fingerprint density at radius 3 is 1.13 bits per heavy atom. The quantitative estimate of drug-likeness (QED) is 0.0263. The highest BCUT2D eigenvalue weighted by Gasteiger charge is 2.19. The molecule has 352 valence electrons. The fraction of sp³-hybridized carbons (Fsp3) is 0.661. The number of rotatable bonds is 44. The Morgan fingerprint density at radius 2 is 0.677 bits per heavy atom. The highest BCUT2D eigenvalue weighted by molar-refractivity contribution is 5.71. The highest BCUT2D eigenvalue weighted by atomic mass is 16.6. The summed E-state index contributed by atoms with van der Waals surface area (Å²) in [5.41, 5.74) is 0. The number of carbonyl (C=O) groups is 3. The average Bonchev–Trinajstić information content (AvgIpc) is 3.27. The molecule has 0 aliphatic rings.